The summed E-state index contributed by atoms with van der Waals surface area (Å²) in [6, 6.07) is 9.11. The van der Waals surface area contributed by atoms with Crippen LogP contribution in [0.2, 0.25) is 0 Å². The second-order valence-electron chi connectivity index (χ2n) is 22.1. The number of aliphatic hydroxyl groups excluding tert-OH is 2. The number of rotatable bonds is 31. The highest BCUT2D eigenvalue weighted by molar-refractivity contribution is 7.86. The van der Waals surface area contributed by atoms with E-state index in [1.54, 1.807) is 12.1 Å². The number of hydrogen-bond donors (Lipinski definition) is 9. The largest absolute Gasteiger partial charge is 0.490 e. The number of nitrogens with zero attached hydrogens (tertiary/aromatic N) is 9. The molecule has 2 aromatic heterocycles. The van der Waals surface area contributed by atoms with Crippen molar-refractivity contribution in [3.63, 3.8) is 0 Å². The number of aliphatic hydroxyl groups is 2. The Morgan fingerprint density at radius 2 is 1.53 bits per heavy atom. The number of anilines is 2. The number of nitrogen functional groups attached to an aromatic ring is 1. The fraction of sp³-hybridized carbons (Fsp3) is 0.500. The summed E-state index contributed by atoms with van der Waals surface area (Å²) in [6.07, 6.45) is 8.86. The summed E-state index contributed by atoms with van der Waals surface area (Å²) in [4.78, 5) is 59.9. The Hall–Kier alpha value is -6.07. The fourth-order valence-electron chi connectivity index (χ4n) is 10.6. The Morgan fingerprint density at radius 3 is 2.22 bits per heavy atom. The predicted molar refractivity (Wildman–Crippen MR) is 327 cm³/mol. The highest BCUT2D eigenvalue weighted by Crippen LogP contribution is 2.68. The number of ether oxygens (including phenoxy) is 1. The second kappa shape index (κ2) is 29.7. The standard InChI is InChI=1S/C54H72N11O20P3S2/c1-6-63-40-26-24-36(89(75,76)77)32-38(40)53(2,3)43(63)20-12-9-13-21-44-54(4,5)39-33-37(90(78,79)80)25-27-41(39)64(44)30-18-11-15-23-46(66)57-28-16-10-14-22-45-60-50(55)47-51(61-45)65(35-58-47)52-49(68)48(67)42(83-52)34-82-87(71,72)85-88(73,74)84-86(69,70)81-31-19-8-7-17-29-59-62-56/h9,12-13,20-21,24-27,32-33,35,42,48-49,52,67-68H,6-8,10-11,15-19,23,28-31,34H2,1-5H3,(H7-,55,57,60,61,66,69,70,71,72,73,74,75,76,77,78,79,80)/p+1/t42-,48-,49-,52-/m1/s1. The van der Waals surface area contributed by atoms with Crippen molar-refractivity contribution in [2.45, 2.75) is 144 Å². The van der Waals surface area contributed by atoms with Crippen LogP contribution in [0.3, 0.4) is 0 Å². The molecular formula is C54H73N11O20P3S2+. The first kappa shape index (κ1) is 71.4. The molecule has 7 atom stereocenters. The molecule has 1 saturated heterocycles. The van der Waals surface area contributed by atoms with Gasteiger partial charge < -0.3 is 45.6 Å². The summed E-state index contributed by atoms with van der Waals surface area (Å²) >= 11 is 0. The number of likely N-dealkylation sites (N-methyl/N-ethyl adjacent to an activating group) is 1. The monoisotopic (exact) mass is 1350 g/mol. The number of unbranched alkanes of at least 4 members (excludes halogenated alkanes) is 6. The average Bonchev–Trinajstić information content (AvgIpc) is 1.60. The molecule has 36 heteroatoms. The van der Waals surface area contributed by atoms with Crippen molar-refractivity contribution in [2.24, 2.45) is 5.11 Å². The molecule has 2 aromatic carbocycles. The van der Waals surface area contributed by atoms with Crippen LogP contribution in [0.1, 0.15) is 122 Å². The summed E-state index contributed by atoms with van der Waals surface area (Å²) in [5.41, 5.74) is 18.2. The van der Waals surface area contributed by atoms with Gasteiger partial charge in [-0.15, -0.1) is 0 Å². The number of nitrogens with two attached hydrogens (primary N) is 1. The number of hydrogen-bond acceptors (Lipinski definition) is 21. The number of allylic oxidation sites excluding steroid dienone is 6. The van der Waals surface area contributed by atoms with E-state index in [-0.39, 0.29) is 57.9 Å². The lowest BCUT2D eigenvalue weighted by Gasteiger charge is -2.25. The van der Waals surface area contributed by atoms with E-state index >= 15 is 0 Å². The van der Waals surface area contributed by atoms with Crippen LogP contribution >= 0.6 is 23.5 Å². The first-order chi connectivity index (χ1) is 42.2. The SMILES string of the molecule is CCN1/C(=C/C=C/C=C/C2=[N+](CCCCCC(=O)NCCCC#Cc3nc(N)c4ncn([C@@H]5O[C@H](COP(=O)(O)OP(=O)(O)OP(=O)(O)OCCCCCCN=[N+]=[N-])[C@@H](O)[C@H]5O)c4n3)c3ccc(S(=O)(=O)O)cc3C2(C)C)C(C)(C)c2cc(S(=O)(=O)O)ccc21. The normalized spacial score (nSPS) is 21.2. The van der Waals surface area contributed by atoms with E-state index in [9.17, 15) is 69.3 Å². The van der Waals surface area contributed by atoms with Crippen LogP contribution < -0.4 is 16.0 Å². The lowest BCUT2D eigenvalue weighted by atomic mass is 9.81. The average molecular weight is 1350 g/mol. The van der Waals surface area contributed by atoms with E-state index < -0.39 is 92.3 Å². The van der Waals surface area contributed by atoms with Gasteiger partial charge in [0.25, 0.3) is 20.2 Å². The lowest BCUT2D eigenvalue weighted by Crippen LogP contribution is -2.33. The third-order valence-electron chi connectivity index (χ3n) is 15.0. The maximum Gasteiger partial charge on any atom is 0.490 e. The number of fused-ring (bicyclic) bond motifs is 3. The molecule has 3 aliphatic rings. The molecule has 0 bridgehead atoms. The molecule has 7 rings (SSSR count). The Bertz CT molecular complexity index is 3970. The predicted octanol–water partition coefficient (Wildman–Crippen LogP) is 7.46. The van der Waals surface area contributed by atoms with Crippen molar-refractivity contribution >= 4 is 83.7 Å². The second-order valence-corrected chi connectivity index (χ2v) is 29.5. The number of amides is 1. The smallest absolute Gasteiger partial charge is 0.387 e. The molecule has 490 valence electrons. The topological polar surface area (TPSA) is 461 Å². The van der Waals surface area contributed by atoms with Crippen LogP contribution in [0.4, 0.5) is 17.2 Å². The van der Waals surface area contributed by atoms with E-state index in [2.05, 4.69) is 64.8 Å². The minimum Gasteiger partial charge on any atom is -0.387 e. The summed E-state index contributed by atoms with van der Waals surface area (Å²) in [6.45, 7) is 10.2. The Balaban J connectivity index is 0.881. The van der Waals surface area contributed by atoms with Gasteiger partial charge in [-0.25, -0.2) is 28.6 Å². The lowest BCUT2D eigenvalue weighted by molar-refractivity contribution is -0.438. The molecular weight excluding hydrogens is 1280 g/mol. The first-order valence-corrected chi connectivity index (χ1v) is 35.8. The van der Waals surface area contributed by atoms with Gasteiger partial charge in [0.05, 0.1) is 34.7 Å². The van der Waals surface area contributed by atoms with Crippen LogP contribution in [-0.2, 0) is 72.0 Å². The zero-order valence-electron chi connectivity index (χ0n) is 49.7. The zero-order chi connectivity index (χ0) is 66.0. The molecule has 0 radical (unpaired) electrons. The number of imidazole rings is 1. The minimum atomic E-state index is -5.81. The summed E-state index contributed by atoms with van der Waals surface area (Å²) in [5, 5.41) is 28.0. The van der Waals surface area contributed by atoms with E-state index in [0.717, 1.165) is 28.3 Å². The highest BCUT2D eigenvalue weighted by atomic mass is 32.2. The molecule has 4 aromatic rings. The zero-order valence-corrected chi connectivity index (χ0v) is 54.1. The van der Waals surface area contributed by atoms with Crippen molar-refractivity contribution in [3.05, 3.63) is 106 Å². The van der Waals surface area contributed by atoms with E-state index in [1.165, 1.54) is 35.2 Å². The molecule has 1 fully saturated rings. The van der Waals surface area contributed by atoms with Gasteiger partial charge in [-0.05, 0) is 106 Å². The third-order valence-corrected chi connectivity index (χ3v) is 21.0. The number of phosphoric ester groups is 2. The van der Waals surface area contributed by atoms with E-state index in [1.807, 2.05) is 65.0 Å². The van der Waals surface area contributed by atoms with Crippen molar-refractivity contribution in [1.29, 1.82) is 0 Å². The Kier molecular flexibility index (Phi) is 23.5. The number of aromatic nitrogens is 4. The molecule has 3 unspecified atom stereocenters. The third kappa shape index (κ3) is 17.9. The maximum atomic E-state index is 12.9. The molecule has 3 aliphatic heterocycles. The van der Waals surface area contributed by atoms with Crippen LogP contribution in [0.25, 0.3) is 21.6 Å². The van der Waals surface area contributed by atoms with Gasteiger partial charge in [-0.3, -0.25) is 27.5 Å². The molecule has 1 amide bonds. The number of nitrogens with one attached hydrogen (secondary N) is 1. The van der Waals surface area contributed by atoms with Crippen molar-refractivity contribution in [1.82, 2.24) is 24.8 Å². The Labute approximate surface area is 519 Å². The van der Waals surface area contributed by atoms with Gasteiger partial charge in [0, 0.05) is 78.3 Å². The van der Waals surface area contributed by atoms with Crippen LogP contribution in [0.15, 0.2) is 93.7 Å². The molecule has 0 aliphatic carbocycles. The van der Waals surface area contributed by atoms with E-state index in [4.69, 9.17) is 20.5 Å². The van der Waals surface area contributed by atoms with Gasteiger partial charge in [0.15, 0.2) is 23.4 Å². The quantitative estimate of drug-likeness (QED) is 0.00271. The van der Waals surface area contributed by atoms with Crippen LogP contribution in [-0.4, -0.2) is 144 Å². The Morgan fingerprint density at radius 1 is 0.867 bits per heavy atom. The maximum absolute atomic E-state index is 12.9. The van der Waals surface area contributed by atoms with Gasteiger partial charge >= 0.3 is 23.5 Å². The number of carbonyl (C=O) groups excluding carboxylic acids is 1. The first-order valence-electron chi connectivity index (χ1n) is 28.4. The van der Waals surface area contributed by atoms with Gasteiger partial charge in [0.2, 0.25) is 17.4 Å². The minimum absolute atomic E-state index is 0.00881. The van der Waals surface area contributed by atoms with Gasteiger partial charge in [-0.1, -0.05) is 56.0 Å². The molecule has 10 N–H and O–H groups in total. The number of benzene rings is 2. The van der Waals surface area contributed by atoms with Crippen molar-refractivity contribution < 1.29 is 96.3 Å². The number of carbonyl (C=O) groups is 1. The number of azide groups is 1. The molecule has 0 saturated carbocycles. The summed E-state index contributed by atoms with van der Waals surface area (Å²) in [5.74, 6) is 5.40. The van der Waals surface area contributed by atoms with Crippen molar-refractivity contribution in [3.8, 4) is 11.8 Å². The summed E-state index contributed by atoms with van der Waals surface area (Å²) < 4.78 is 132. The molecule has 0 spiro atoms. The van der Waals surface area contributed by atoms with Gasteiger partial charge in [-0.2, -0.15) is 30.0 Å². The summed E-state index contributed by atoms with van der Waals surface area (Å²) in [7, 11) is -25.6. The van der Waals surface area contributed by atoms with Crippen LogP contribution in [0.5, 0.6) is 0 Å². The highest BCUT2D eigenvalue weighted by Gasteiger charge is 2.48. The van der Waals surface area contributed by atoms with E-state index in [0.29, 0.717) is 76.6 Å². The van der Waals surface area contributed by atoms with Crippen LogP contribution in [0, 0.1) is 11.8 Å². The molecule has 90 heavy (non-hydrogen) atoms. The van der Waals surface area contributed by atoms with Crippen molar-refractivity contribution in [2.75, 3.05) is 50.0 Å². The number of phosphoric acid groups is 3. The van der Waals surface area contributed by atoms with Gasteiger partial charge in [0.1, 0.15) is 30.4 Å². The molecule has 5 heterocycles. The fourth-order valence-corrected chi connectivity index (χ4v) is 15.1. The molecule has 31 nitrogen and oxygen atoms in total.